The zero-order chi connectivity index (χ0) is 9.40. The third-order valence-electron chi connectivity index (χ3n) is 1.58. The minimum Gasteiger partial charge on any atom is -0.478 e. The minimum absolute atomic E-state index is 0.595. The van der Waals surface area contributed by atoms with E-state index in [1.54, 1.807) is 0 Å². The Kier molecular flexibility index (Phi) is 6.70. The molecule has 0 aromatic heterocycles. The van der Waals surface area contributed by atoms with Gasteiger partial charge in [-0.25, -0.2) is 4.79 Å². The smallest absolute Gasteiger partial charge is 0.327 e. The Morgan fingerprint density at radius 3 is 2.42 bits per heavy atom. The number of carbonyl (C=O) groups is 1. The summed E-state index contributed by atoms with van der Waals surface area (Å²) in [5, 5.41) is 7.60. The summed E-state index contributed by atoms with van der Waals surface area (Å²) < 4.78 is 5.42. The molecule has 1 heterocycles. The summed E-state index contributed by atoms with van der Waals surface area (Å²) in [6, 6.07) is 1.40. The molecule has 0 aromatic rings. The molecule has 0 aromatic carbocycles. The van der Waals surface area contributed by atoms with Crippen LogP contribution in [-0.2, 0) is 9.22 Å². The minimum atomic E-state index is -0.981. The first-order valence-electron chi connectivity index (χ1n) is 4.13. The van der Waals surface area contributed by atoms with E-state index in [2.05, 4.69) is 13.1 Å². The van der Waals surface area contributed by atoms with Gasteiger partial charge in [0, 0.05) is 12.7 Å². The van der Waals surface area contributed by atoms with Gasteiger partial charge in [0.2, 0.25) is 0 Å². The molecule has 0 spiro atoms. The summed E-state index contributed by atoms with van der Waals surface area (Å²) in [4.78, 5) is 9.25. The standard InChI is InChI=1S/C5H12OSi.C3H4O2/c1-7-5-3-2-4-6-7;1-2-3(4)5/h7H,2-5H2,1H3;2H,1H2,(H,4,5). The highest BCUT2D eigenvalue weighted by atomic mass is 28.3. The largest absolute Gasteiger partial charge is 0.478 e. The Morgan fingerprint density at radius 1 is 1.67 bits per heavy atom. The van der Waals surface area contributed by atoms with Crippen LogP contribution in [0.5, 0.6) is 0 Å². The Morgan fingerprint density at radius 2 is 2.25 bits per heavy atom. The number of carboxylic acids is 1. The van der Waals surface area contributed by atoms with Crippen LogP contribution in [-0.4, -0.2) is 26.7 Å². The average molecular weight is 188 g/mol. The molecule has 0 radical (unpaired) electrons. The van der Waals surface area contributed by atoms with E-state index in [0.717, 1.165) is 12.7 Å². The fraction of sp³-hybridized carbons (Fsp3) is 0.625. The number of aliphatic carboxylic acids is 1. The van der Waals surface area contributed by atoms with E-state index in [4.69, 9.17) is 9.53 Å². The van der Waals surface area contributed by atoms with Gasteiger partial charge in [0.05, 0.1) is 0 Å². The molecule has 12 heavy (non-hydrogen) atoms. The summed E-state index contributed by atoms with van der Waals surface area (Å²) in [6.45, 7) is 6.29. The van der Waals surface area contributed by atoms with Crippen LogP contribution in [0.15, 0.2) is 12.7 Å². The predicted octanol–water partition coefficient (Wildman–Crippen LogP) is 1.41. The fourth-order valence-corrected chi connectivity index (χ4v) is 2.50. The van der Waals surface area contributed by atoms with Gasteiger partial charge < -0.3 is 9.53 Å². The van der Waals surface area contributed by atoms with Gasteiger partial charge in [-0.15, -0.1) is 0 Å². The van der Waals surface area contributed by atoms with Gasteiger partial charge in [0.15, 0.2) is 9.04 Å². The molecule has 1 aliphatic heterocycles. The summed E-state index contributed by atoms with van der Waals surface area (Å²) in [5.41, 5.74) is 0. The molecule has 0 amide bonds. The molecule has 0 aliphatic carbocycles. The maximum atomic E-state index is 9.25. The molecular formula is C8H16O3Si. The van der Waals surface area contributed by atoms with Gasteiger partial charge in [0.1, 0.15) is 0 Å². The highest BCUT2D eigenvalue weighted by Gasteiger charge is 2.08. The van der Waals surface area contributed by atoms with E-state index >= 15 is 0 Å². The highest BCUT2D eigenvalue weighted by molar-refractivity contribution is 6.50. The summed E-state index contributed by atoms with van der Waals surface area (Å²) >= 11 is 0. The molecule has 0 saturated carbocycles. The molecule has 0 bridgehead atoms. The van der Waals surface area contributed by atoms with Crippen molar-refractivity contribution in [3.63, 3.8) is 0 Å². The van der Waals surface area contributed by atoms with Gasteiger partial charge >= 0.3 is 5.97 Å². The normalized spacial score (nSPS) is 21.9. The molecule has 4 heteroatoms. The maximum Gasteiger partial charge on any atom is 0.327 e. The third-order valence-corrected chi connectivity index (χ3v) is 3.61. The van der Waals surface area contributed by atoms with Gasteiger partial charge in [-0.05, 0) is 19.0 Å². The van der Waals surface area contributed by atoms with Gasteiger partial charge in [-0.1, -0.05) is 13.0 Å². The molecule has 3 nitrogen and oxygen atoms in total. The van der Waals surface area contributed by atoms with Crippen LogP contribution in [0.3, 0.4) is 0 Å². The lowest BCUT2D eigenvalue weighted by atomic mass is 10.4. The topological polar surface area (TPSA) is 46.5 Å². The van der Waals surface area contributed by atoms with Crippen LogP contribution in [0.25, 0.3) is 0 Å². The van der Waals surface area contributed by atoms with Gasteiger partial charge in [0.25, 0.3) is 0 Å². The zero-order valence-electron chi connectivity index (χ0n) is 7.45. The highest BCUT2D eigenvalue weighted by Crippen LogP contribution is 2.09. The third kappa shape index (κ3) is 7.49. The van der Waals surface area contributed by atoms with E-state index in [1.165, 1.54) is 18.9 Å². The van der Waals surface area contributed by atoms with Crippen molar-refractivity contribution in [3.05, 3.63) is 12.7 Å². The van der Waals surface area contributed by atoms with Crippen LogP contribution < -0.4 is 0 Å². The first kappa shape index (κ1) is 11.4. The Labute approximate surface area is 74.8 Å². The second-order valence-corrected chi connectivity index (χ2v) is 5.25. The summed E-state index contributed by atoms with van der Waals surface area (Å²) in [6.07, 6.45) is 3.56. The second-order valence-electron chi connectivity index (χ2n) is 2.72. The lowest BCUT2D eigenvalue weighted by Gasteiger charge is -2.16. The molecule has 1 fully saturated rings. The number of hydrogen-bond acceptors (Lipinski definition) is 2. The summed E-state index contributed by atoms with van der Waals surface area (Å²) in [5.74, 6) is -0.981. The second kappa shape index (κ2) is 7.06. The number of carboxylic acid groups (broad SMARTS) is 1. The lowest BCUT2D eigenvalue weighted by Crippen LogP contribution is -2.18. The molecule has 1 atom stereocenters. The van der Waals surface area contributed by atoms with E-state index in [-0.39, 0.29) is 0 Å². The van der Waals surface area contributed by atoms with Gasteiger partial charge in [-0.2, -0.15) is 0 Å². The van der Waals surface area contributed by atoms with Crippen molar-refractivity contribution in [3.8, 4) is 0 Å². The van der Waals surface area contributed by atoms with Crippen LogP contribution in [0.2, 0.25) is 12.6 Å². The Hall–Kier alpha value is -0.613. The van der Waals surface area contributed by atoms with Crippen LogP contribution in [0.1, 0.15) is 12.8 Å². The van der Waals surface area contributed by atoms with Crippen molar-refractivity contribution >= 4 is 15.0 Å². The number of hydrogen-bond donors (Lipinski definition) is 1. The average Bonchev–Trinajstić information content (AvgIpc) is 2.07. The van der Waals surface area contributed by atoms with Crippen molar-refractivity contribution < 1.29 is 14.3 Å². The molecule has 70 valence electrons. The molecule has 1 N–H and O–H groups in total. The molecular weight excluding hydrogens is 172 g/mol. The predicted molar refractivity (Wildman–Crippen MR) is 50.8 cm³/mol. The fourth-order valence-electron chi connectivity index (χ4n) is 0.902. The van der Waals surface area contributed by atoms with Crippen molar-refractivity contribution in [1.82, 2.24) is 0 Å². The molecule has 1 rings (SSSR count). The molecule has 1 unspecified atom stereocenters. The monoisotopic (exact) mass is 188 g/mol. The van der Waals surface area contributed by atoms with Crippen molar-refractivity contribution in [2.75, 3.05) is 6.61 Å². The Bertz CT molecular complexity index is 141. The van der Waals surface area contributed by atoms with Crippen molar-refractivity contribution in [2.24, 2.45) is 0 Å². The maximum absolute atomic E-state index is 9.25. The van der Waals surface area contributed by atoms with Crippen LogP contribution >= 0.6 is 0 Å². The van der Waals surface area contributed by atoms with E-state index in [9.17, 15) is 4.79 Å². The van der Waals surface area contributed by atoms with E-state index < -0.39 is 15.0 Å². The first-order chi connectivity index (χ1) is 5.66. The quantitative estimate of drug-likeness (QED) is 0.500. The van der Waals surface area contributed by atoms with Crippen LogP contribution in [0, 0.1) is 0 Å². The van der Waals surface area contributed by atoms with Crippen molar-refractivity contribution in [1.29, 1.82) is 0 Å². The Balaban J connectivity index is 0.000000217. The number of rotatable bonds is 1. The zero-order valence-corrected chi connectivity index (χ0v) is 8.61. The van der Waals surface area contributed by atoms with Crippen LogP contribution in [0.4, 0.5) is 0 Å². The lowest BCUT2D eigenvalue weighted by molar-refractivity contribution is -0.131. The van der Waals surface area contributed by atoms with E-state index in [0.29, 0.717) is 0 Å². The SMILES string of the molecule is C=CC(=O)O.C[SiH]1CCCCO1. The molecule has 1 aliphatic rings. The van der Waals surface area contributed by atoms with Crippen molar-refractivity contribution in [2.45, 2.75) is 25.4 Å². The summed E-state index contributed by atoms with van der Waals surface area (Å²) in [7, 11) is -0.595. The van der Waals surface area contributed by atoms with E-state index in [1.807, 2.05) is 0 Å². The van der Waals surface area contributed by atoms with Gasteiger partial charge in [-0.3, -0.25) is 0 Å². The molecule has 1 saturated heterocycles. The first-order valence-corrected chi connectivity index (χ1v) is 6.58.